The van der Waals surface area contributed by atoms with E-state index in [1.165, 1.54) is 23.9 Å². The van der Waals surface area contributed by atoms with Crippen LogP contribution < -0.4 is 49.4 Å². The van der Waals surface area contributed by atoms with Gasteiger partial charge in [0.05, 0.1) is 21.9 Å². The molecule has 0 radical (unpaired) electrons. The Labute approximate surface area is 302 Å². The summed E-state index contributed by atoms with van der Waals surface area (Å²) < 4.78 is 27.1. The molecule has 2 aliphatic rings. The van der Waals surface area contributed by atoms with Crippen molar-refractivity contribution in [1.29, 1.82) is 0 Å². The van der Waals surface area contributed by atoms with Crippen LogP contribution in [0.15, 0.2) is 112 Å². The molecule has 2 fully saturated rings. The molecule has 2 N–H and O–H groups in total. The number of carbonyl (C=O) groups excluding carboxylic acids is 2. The average molecular weight is 677 g/mol. The number of amides is 2. The zero-order valence-corrected chi connectivity index (χ0v) is 29.7. The predicted octanol–water partition coefficient (Wildman–Crippen LogP) is 1.77. The summed E-state index contributed by atoms with van der Waals surface area (Å²) in [4.78, 5) is 39.3. The number of amidine groups is 1. The van der Waals surface area contributed by atoms with Crippen molar-refractivity contribution >= 4 is 62.0 Å². The van der Waals surface area contributed by atoms with Crippen LogP contribution in [0.4, 0.5) is 17.2 Å². The first-order chi connectivity index (χ1) is 22.2. The third kappa shape index (κ3) is 8.91. The Morgan fingerprint density at radius 3 is 2.30 bits per heavy atom. The average Bonchev–Trinajstić information content (AvgIpc) is 3.40. The van der Waals surface area contributed by atoms with Gasteiger partial charge in [0.2, 0.25) is 5.91 Å². The number of thioether (sulfide) groups is 1. The number of aromatic nitrogens is 1. The molecule has 236 valence electrons. The van der Waals surface area contributed by atoms with Gasteiger partial charge in [0.25, 0.3) is 15.9 Å². The maximum atomic E-state index is 12.7. The van der Waals surface area contributed by atoms with Crippen molar-refractivity contribution < 1.29 is 49.0 Å². The molecule has 0 atom stereocenters. The zero-order valence-electron chi connectivity index (χ0n) is 27.1. The minimum Gasteiger partial charge on any atom is -1.00 e. The molecule has 0 bridgehead atoms. The predicted molar refractivity (Wildman–Crippen MR) is 184 cm³/mol. The van der Waals surface area contributed by atoms with Gasteiger partial charge in [-0.1, -0.05) is 48.0 Å². The van der Waals surface area contributed by atoms with Crippen LogP contribution in [0.3, 0.4) is 0 Å². The van der Waals surface area contributed by atoms with Crippen LogP contribution >= 0.6 is 11.8 Å². The summed E-state index contributed by atoms with van der Waals surface area (Å²) in [6.45, 7) is 5.46. The van der Waals surface area contributed by atoms with Gasteiger partial charge < -0.3 is 16.5 Å². The van der Waals surface area contributed by atoms with E-state index >= 15 is 0 Å². The van der Waals surface area contributed by atoms with Gasteiger partial charge in [-0.3, -0.25) is 9.59 Å². The standard InChI is InChI=1S/C34H32N6O4S2.Na.H/c1-24-5-15-29(16-6-24)46(43,44)38-32(41)23-26-7-11-27(12-8-26)36-34-37-33(42)30(45-34)22-25-9-13-28(14-10-25)39-18-20-40(21-19-39)31-4-2-3-17-35-31;;/h2-17,22H,18-21,23H2,1H3,(H,38,41)(H,36,37,42);;/q;+1;-1. The van der Waals surface area contributed by atoms with Crippen LogP contribution in [-0.4, -0.2) is 56.6 Å². The molecule has 3 heterocycles. The third-order valence-corrected chi connectivity index (χ3v) is 9.87. The van der Waals surface area contributed by atoms with E-state index in [-0.39, 0.29) is 48.2 Å². The van der Waals surface area contributed by atoms with E-state index in [0.717, 1.165) is 48.8 Å². The van der Waals surface area contributed by atoms with Gasteiger partial charge in [-0.2, -0.15) is 0 Å². The largest absolute Gasteiger partial charge is 1.00 e. The summed E-state index contributed by atoms with van der Waals surface area (Å²) in [5.74, 6) is 0.149. The molecule has 2 amide bonds. The fourth-order valence-corrected chi connectivity index (χ4v) is 6.93. The van der Waals surface area contributed by atoms with Gasteiger partial charge in [0.15, 0.2) is 5.17 Å². The number of benzene rings is 3. The molecular formula is C34H33N6NaO4S2. The Bertz CT molecular complexity index is 1900. The Kier molecular flexibility index (Phi) is 11.2. The van der Waals surface area contributed by atoms with Crippen LogP contribution in [0.2, 0.25) is 0 Å². The smallest absolute Gasteiger partial charge is 1.00 e. The maximum absolute atomic E-state index is 12.7. The summed E-state index contributed by atoms with van der Waals surface area (Å²) >= 11 is 1.26. The van der Waals surface area contributed by atoms with E-state index in [2.05, 4.69) is 41.9 Å². The Hall–Kier alpha value is -3.94. The molecule has 47 heavy (non-hydrogen) atoms. The van der Waals surface area contributed by atoms with Gasteiger partial charge in [0, 0.05) is 38.1 Å². The summed E-state index contributed by atoms with van der Waals surface area (Å²) in [6.07, 6.45) is 3.55. The monoisotopic (exact) mass is 676 g/mol. The molecule has 0 aliphatic carbocycles. The molecule has 13 heteroatoms. The van der Waals surface area contributed by atoms with E-state index < -0.39 is 15.9 Å². The Morgan fingerprint density at radius 2 is 1.64 bits per heavy atom. The topological polar surface area (TPSA) is 124 Å². The molecule has 0 unspecified atom stereocenters. The molecule has 1 aromatic heterocycles. The van der Waals surface area contributed by atoms with Crippen LogP contribution in [0.5, 0.6) is 0 Å². The second kappa shape index (κ2) is 15.3. The molecule has 2 aliphatic heterocycles. The summed E-state index contributed by atoms with van der Waals surface area (Å²) in [5.41, 5.74) is 4.20. The molecule has 10 nitrogen and oxygen atoms in total. The molecule has 0 spiro atoms. The van der Waals surface area contributed by atoms with Gasteiger partial charge in [-0.25, -0.2) is 23.1 Å². The zero-order chi connectivity index (χ0) is 32.1. The number of rotatable bonds is 8. The first-order valence-electron chi connectivity index (χ1n) is 14.7. The molecule has 2 saturated heterocycles. The number of nitrogens with one attached hydrogen (secondary N) is 2. The number of hydrogen-bond acceptors (Lipinski definition) is 9. The number of carbonyl (C=O) groups is 2. The first kappa shape index (κ1) is 34.4. The first-order valence-corrected chi connectivity index (χ1v) is 17.0. The summed E-state index contributed by atoms with van der Waals surface area (Å²) in [5, 5.41) is 3.25. The number of piperazine rings is 1. The van der Waals surface area contributed by atoms with Crippen molar-refractivity contribution in [1.82, 2.24) is 15.0 Å². The molecule has 6 rings (SSSR count). The fourth-order valence-electron chi connectivity index (χ4n) is 5.10. The third-order valence-electron chi connectivity index (χ3n) is 7.57. The Morgan fingerprint density at radius 1 is 0.957 bits per heavy atom. The number of pyridine rings is 1. The molecular weight excluding hydrogens is 644 g/mol. The van der Waals surface area contributed by atoms with E-state index in [1.54, 1.807) is 36.4 Å². The molecule has 3 aromatic carbocycles. The SMILES string of the molecule is Cc1ccc(S(=O)(=O)NC(=O)Cc2ccc(N=C3NC(=O)C(=Cc4ccc(N5CCN(c6ccccn6)CC5)cc4)S3)cc2)cc1.[H-].[Na+]. The van der Waals surface area contributed by atoms with Crippen LogP contribution in [0.25, 0.3) is 6.08 Å². The van der Waals surface area contributed by atoms with Crippen molar-refractivity contribution in [2.75, 3.05) is 36.0 Å². The Balaban J connectivity index is 0.00000260. The number of aryl methyl sites for hydroxylation is 1. The second-order valence-electron chi connectivity index (χ2n) is 10.9. The van der Waals surface area contributed by atoms with Crippen LogP contribution in [0.1, 0.15) is 18.1 Å². The van der Waals surface area contributed by atoms with E-state index in [1.807, 2.05) is 49.5 Å². The van der Waals surface area contributed by atoms with Gasteiger partial charge in [-0.15, -0.1) is 0 Å². The van der Waals surface area contributed by atoms with Crippen LogP contribution in [0, 0.1) is 6.92 Å². The van der Waals surface area contributed by atoms with Crippen molar-refractivity contribution in [3.63, 3.8) is 0 Å². The molecule has 4 aromatic rings. The van der Waals surface area contributed by atoms with Crippen molar-refractivity contribution in [2.24, 2.45) is 4.99 Å². The van der Waals surface area contributed by atoms with Crippen LogP contribution in [-0.2, 0) is 26.0 Å². The van der Waals surface area contributed by atoms with Crippen molar-refractivity contribution in [3.05, 3.63) is 119 Å². The van der Waals surface area contributed by atoms with Gasteiger partial charge >= 0.3 is 29.6 Å². The van der Waals surface area contributed by atoms with Crippen molar-refractivity contribution in [3.8, 4) is 0 Å². The second-order valence-corrected chi connectivity index (χ2v) is 13.6. The fraction of sp³-hybridized carbons (Fsp3) is 0.176. The normalized spacial score (nSPS) is 16.6. The number of anilines is 2. The van der Waals surface area contributed by atoms with E-state index in [4.69, 9.17) is 0 Å². The van der Waals surface area contributed by atoms with E-state index in [9.17, 15) is 18.0 Å². The number of aliphatic imine (C=N–C) groups is 1. The number of nitrogens with zero attached hydrogens (tertiary/aromatic N) is 4. The van der Waals surface area contributed by atoms with Gasteiger partial charge in [0.1, 0.15) is 5.82 Å². The maximum Gasteiger partial charge on any atom is 1.00 e. The molecule has 0 saturated carbocycles. The van der Waals surface area contributed by atoms with Gasteiger partial charge in [-0.05, 0) is 84.4 Å². The summed E-state index contributed by atoms with van der Waals surface area (Å²) in [6, 6.07) is 27.3. The van der Waals surface area contributed by atoms with E-state index in [0.29, 0.717) is 21.3 Å². The number of sulfonamides is 1. The minimum atomic E-state index is -3.95. The number of hydrogen-bond donors (Lipinski definition) is 2. The summed E-state index contributed by atoms with van der Waals surface area (Å²) in [7, 11) is -3.95. The van der Waals surface area contributed by atoms with Crippen molar-refractivity contribution in [2.45, 2.75) is 18.2 Å². The minimum absolute atomic E-state index is 0. The quantitative estimate of drug-likeness (QED) is 0.214.